The Labute approximate surface area is 44.6 Å². The van der Waals surface area contributed by atoms with Gasteiger partial charge in [-0.25, -0.2) is 0 Å². The van der Waals surface area contributed by atoms with E-state index in [0.29, 0.717) is 0 Å². The largest absolute Gasteiger partial charge is 0.305 e. The van der Waals surface area contributed by atoms with Gasteiger partial charge < -0.3 is 5.43 Å². The van der Waals surface area contributed by atoms with Crippen molar-refractivity contribution in [3.63, 3.8) is 0 Å². The van der Waals surface area contributed by atoms with Crippen LogP contribution in [0.1, 0.15) is 20.8 Å². The van der Waals surface area contributed by atoms with Crippen LogP contribution in [0.4, 0.5) is 0 Å². The average molecular weight is 100 g/mol. The smallest absolute Gasteiger partial charge is 0.0464 e. The molecule has 2 nitrogen and oxygen atoms in total. The van der Waals surface area contributed by atoms with E-state index >= 15 is 0 Å². The quantitative estimate of drug-likeness (QED) is 0.385. The van der Waals surface area contributed by atoms with Gasteiger partial charge >= 0.3 is 0 Å². The van der Waals surface area contributed by atoms with E-state index in [0.717, 1.165) is 0 Å². The molecule has 7 heavy (non-hydrogen) atoms. The van der Waals surface area contributed by atoms with Crippen LogP contribution in [-0.2, 0) is 0 Å². The van der Waals surface area contributed by atoms with Gasteiger partial charge in [-0.3, -0.25) is 0 Å². The van der Waals surface area contributed by atoms with Crippen molar-refractivity contribution in [3.05, 3.63) is 0 Å². The molecule has 0 aliphatic heterocycles. The molecule has 2 heteroatoms. The third-order valence-corrected chi connectivity index (χ3v) is 0.414. The second-order valence-corrected chi connectivity index (χ2v) is 2.52. The number of hydrogen-bond donors (Lipinski definition) is 1. The molecular weight excluding hydrogens is 88.1 g/mol. The molecule has 0 atom stereocenters. The van der Waals surface area contributed by atoms with Crippen LogP contribution in [0.15, 0.2) is 5.10 Å². The van der Waals surface area contributed by atoms with E-state index in [1.807, 2.05) is 20.8 Å². The van der Waals surface area contributed by atoms with Crippen molar-refractivity contribution in [1.29, 1.82) is 0 Å². The van der Waals surface area contributed by atoms with Crippen molar-refractivity contribution in [2.45, 2.75) is 26.3 Å². The summed E-state index contributed by atoms with van der Waals surface area (Å²) in [6.07, 6.45) is 0. The summed E-state index contributed by atoms with van der Waals surface area (Å²) in [7, 11) is 0. The molecule has 0 rings (SSSR count). The minimum atomic E-state index is 0.0712. The van der Waals surface area contributed by atoms with Crippen molar-refractivity contribution in [3.8, 4) is 0 Å². The number of nitrogens with zero attached hydrogens (tertiary/aromatic N) is 1. The number of hydrogen-bond acceptors (Lipinski definition) is 2. The third kappa shape index (κ3) is 5.47. The minimum Gasteiger partial charge on any atom is -0.305 e. The Kier molecular flexibility index (Phi) is 1.81. The third-order valence-electron chi connectivity index (χ3n) is 0.414. The molecular formula is C5H12N2. The van der Waals surface area contributed by atoms with E-state index in [9.17, 15) is 0 Å². The Hall–Kier alpha value is -0.530. The molecule has 0 spiro atoms. The molecule has 0 bridgehead atoms. The van der Waals surface area contributed by atoms with Crippen LogP contribution in [0.2, 0.25) is 0 Å². The molecule has 0 aromatic rings. The highest BCUT2D eigenvalue weighted by Gasteiger charge is 2.04. The fraction of sp³-hybridized carbons (Fsp3) is 0.800. The zero-order valence-electron chi connectivity index (χ0n) is 5.15. The fourth-order valence-electron chi connectivity index (χ4n) is 0.237. The maximum atomic E-state index is 3.51. The van der Waals surface area contributed by atoms with Crippen LogP contribution in [0.5, 0.6) is 0 Å². The Balaban J connectivity index is 3.34. The van der Waals surface area contributed by atoms with Crippen LogP contribution in [0.3, 0.4) is 0 Å². The lowest BCUT2D eigenvalue weighted by molar-refractivity contribution is 0.443. The summed E-state index contributed by atoms with van der Waals surface area (Å²) in [5.74, 6) is 0. The minimum absolute atomic E-state index is 0.0712. The molecule has 0 fully saturated rings. The molecule has 0 aromatic carbocycles. The van der Waals surface area contributed by atoms with Gasteiger partial charge in [-0.15, -0.1) is 0 Å². The summed E-state index contributed by atoms with van der Waals surface area (Å²) in [4.78, 5) is 0. The zero-order valence-corrected chi connectivity index (χ0v) is 5.15. The van der Waals surface area contributed by atoms with E-state index in [-0.39, 0.29) is 5.54 Å². The van der Waals surface area contributed by atoms with Gasteiger partial charge in [-0.2, -0.15) is 5.10 Å². The maximum Gasteiger partial charge on any atom is 0.0464 e. The van der Waals surface area contributed by atoms with Gasteiger partial charge in [0, 0.05) is 12.3 Å². The Morgan fingerprint density at radius 2 is 1.86 bits per heavy atom. The first kappa shape index (κ1) is 6.47. The molecule has 0 saturated heterocycles. The lowest BCUT2D eigenvalue weighted by Crippen LogP contribution is -2.30. The summed E-state index contributed by atoms with van der Waals surface area (Å²) in [5.41, 5.74) is 2.87. The normalized spacial score (nSPS) is 10.7. The molecule has 0 radical (unpaired) electrons. The number of nitrogens with one attached hydrogen (secondary N) is 1. The number of rotatable bonds is 1. The van der Waals surface area contributed by atoms with Crippen molar-refractivity contribution in [2.24, 2.45) is 5.10 Å². The first-order valence-electron chi connectivity index (χ1n) is 2.29. The van der Waals surface area contributed by atoms with Gasteiger partial charge in [-0.05, 0) is 20.8 Å². The van der Waals surface area contributed by atoms with E-state index in [1.54, 1.807) is 0 Å². The first-order valence-corrected chi connectivity index (χ1v) is 2.29. The topological polar surface area (TPSA) is 24.4 Å². The summed E-state index contributed by atoms with van der Waals surface area (Å²) in [6, 6.07) is 0. The van der Waals surface area contributed by atoms with E-state index in [4.69, 9.17) is 0 Å². The van der Waals surface area contributed by atoms with Gasteiger partial charge in [0.2, 0.25) is 0 Å². The first-order chi connectivity index (χ1) is 3.06. The van der Waals surface area contributed by atoms with E-state index < -0.39 is 0 Å². The fourth-order valence-corrected chi connectivity index (χ4v) is 0.237. The van der Waals surface area contributed by atoms with Crippen molar-refractivity contribution in [1.82, 2.24) is 5.43 Å². The number of hydrazone groups is 1. The molecule has 0 saturated carbocycles. The van der Waals surface area contributed by atoms with Crippen LogP contribution < -0.4 is 5.43 Å². The average Bonchev–Trinajstić information content (AvgIpc) is 1.30. The van der Waals surface area contributed by atoms with E-state index in [2.05, 4.69) is 17.2 Å². The van der Waals surface area contributed by atoms with Gasteiger partial charge in [0.15, 0.2) is 0 Å². The van der Waals surface area contributed by atoms with Crippen molar-refractivity contribution >= 4 is 6.72 Å². The zero-order chi connectivity index (χ0) is 5.91. The molecule has 0 aromatic heterocycles. The van der Waals surface area contributed by atoms with Crippen LogP contribution in [0, 0.1) is 0 Å². The van der Waals surface area contributed by atoms with Crippen LogP contribution in [0.25, 0.3) is 0 Å². The second-order valence-electron chi connectivity index (χ2n) is 2.52. The summed E-state index contributed by atoms with van der Waals surface area (Å²) < 4.78 is 0. The second kappa shape index (κ2) is 1.96. The van der Waals surface area contributed by atoms with Gasteiger partial charge in [0.1, 0.15) is 0 Å². The summed E-state index contributed by atoms with van der Waals surface area (Å²) in [6.45, 7) is 9.37. The molecule has 1 N–H and O–H groups in total. The highest BCUT2D eigenvalue weighted by atomic mass is 15.3. The van der Waals surface area contributed by atoms with Gasteiger partial charge in [0.25, 0.3) is 0 Å². The standard InChI is InChI=1S/C5H12N2/c1-5(2,3)7-6-4/h7H,4H2,1-3H3. The van der Waals surface area contributed by atoms with Gasteiger partial charge in [0.05, 0.1) is 0 Å². The van der Waals surface area contributed by atoms with Crippen LogP contribution in [-0.4, -0.2) is 12.3 Å². The monoisotopic (exact) mass is 100 g/mol. The highest BCUT2D eigenvalue weighted by molar-refractivity contribution is 5.22. The molecule has 0 aliphatic rings. The molecule has 0 heterocycles. The molecule has 0 unspecified atom stereocenters. The Morgan fingerprint density at radius 1 is 1.43 bits per heavy atom. The van der Waals surface area contributed by atoms with Crippen molar-refractivity contribution < 1.29 is 0 Å². The predicted octanol–water partition coefficient (Wildman–Crippen LogP) is 0.990. The predicted molar refractivity (Wildman–Crippen MR) is 32.4 cm³/mol. The highest BCUT2D eigenvalue weighted by Crippen LogP contribution is 1.95. The lowest BCUT2D eigenvalue weighted by Gasteiger charge is -2.16. The maximum absolute atomic E-state index is 3.51. The van der Waals surface area contributed by atoms with Gasteiger partial charge in [-0.1, -0.05) is 0 Å². The van der Waals surface area contributed by atoms with E-state index in [1.165, 1.54) is 0 Å². The van der Waals surface area contributed by atoms with Crippen molar-refractivity contribution in [2.75, 3.05) is 0 Å². The summed E-state index contributed by atoms with van der Waals surface area (Å²) >= 11 is 0. The molecule has 0 amide bonds. The Morgan fingerprint density at radius 3 is 1.86 bits per heavy atom. The SMILES string of the molecule is C=NNC(C)(C)C. The Bertz CT molecular complexity index is 61.0. The molecule has 0 aliphatic carbocycles. The van der Waals surface area contributed by atoms with Crippen LogP contribution >= 0.6 is 0 Å². The lowest BCUT2D eigenvalue weighted by atomic mass is 10.1. The summed E-state index contributed by atoms with van der Waals surface area (Å²) in [5, 5.41) is 3.51. The molecule has 42 valence electrons.